The Morgan fingerprint density at radius 3 is 2.88 bits per heavy atom. The van der Waals surface area contributed by atoms with Crippen LogP contribution in [0.2, 0.25) is 0 Å². The van der Waals surface area contributed by atoms with Crippen LogP contribution in [0.3, 0.4) is 0 Å². The lowest BCUT2D eigenvalue weighted by molar-refractivity contribution is -0.128. The average Bonchev–Trinajstić information content (AvgIpc) is 3.22. The average molecular weight is 386 g/mol. The molecule has 3 heterocycles. The molecule has 26 heavy (non-hydrogen) atoms. The fourth-order valence-corrected chi connectivity index (χ4v) is 4.50. The molecular weight excluding hydrogens is 366 g/mol. The van der Waals surface area contributed by atoms with E-state index in [-0.39, 0.29) is 11.9 Å². The number of amides is 1. The van der Waals surface area contributed by atoms with E-state index in [1.807, 2.05) is 11.2 Å². The molecule has 2 aromatic heterocycles. The summed E-state index contributed by atoms with van der Waals surface area (Å²) in [5, 5.41) is 3.31. The number of benzene rings is 1. The predicted molar refractivity (Wildman–Crippen MR) is 106 cm³/mol. The molecular formula is C18H19N5OS2. The summed E-state index contributed by atoms with van der Waals surface area (Å²) in [7, 11) is 0. The van der Waals surface area contributed by atoms with Crippen LogP contribution in [0.25, 0.3) is 10.3 Å². The Hall–Kier alpha value is -2.19. The van der Waals surface area contributed by atoms with E-state index in [0.717, 1.165) is 27.6 Å². The highest BCUT2D eigenvalue weighted by atomic mass is 32.2. The minimum Gasteiger partial charge on any atom is -0.357 e. The van der Waals surface area contributed by atoms with E-state index in [4.69, 9.17) is 0 Å². The first-order valence-corrected chi connectivity index (χ1v) is 10.4. The molecule has 0 aliphatic carbocycles. The second-order valence-electron chi connectivity index (χ2n) is 6.29. The highest BCUT2D eigenvalue weighted by molar-refractivity contribution is 8.00. The van der Waals surface area contributed by atoms with Crippen LogP contribution in [0.5, 0.6) is 0 Å². The van der Waals surface area contributed by atoms with Gasteiger partial charge in [0.25, 0.3) is 0 Å². The summed E-state index contributed by atoms with van der Waals surface area (Å²) in [5.41, 5.74) is 3.06. The molecule has 1 N–H and O–H groups in total. The Balaban J connectivity index is 1.49. The maximum atomic E-state index is 12.8. The quantitative estimate of drug-likeness (QED) is 0.679. The standard InChI is InChI=1S/C18H19N5OS2/c1-11-3-5-12(6-4-11)9-23-8-7-13(17(23)24)21-15-14-16(20-10-19-15)22-18(25-2)26-14/h3-6,10,13H,7-9H2,1-2H3,(H,19,20,21). The molecule has 1 aliphatic heterocycles. The molecule has 1 atom stereocenters. The van der Waals surface area contributed by atoms with Crippen molar-refractivity contribution < 1.29 is 4.79 Å². The van der Waals surface area contributed by atoms with Crippen molar-refractivity contribution in [3.05, 3.63) is 41.7 Å². The van der Waals surface area contributed by atoms with E-state index < -0.39 is 0 Å². The number of thiazole rings is 1. The highest BCUT2D eigenvalue weighted by Crippen LogP contribution is 2.32. The van der Waals surface area contributed by atoms with E-state index in [1.165, 1.54) is 11.9 Å². The van der Waals surface area contributed by atoms with Gasteiger partial charge in [-0.05, 0) is 25.2 Å². The molecule has 1 fully saturated rings. The minimum atomic E-state index is -0.252. The molecule has 0 bridgehead atoms. The highest BCUT2D eigenvalue weighted by Gasteiger charge is 2.32. The lowest BCUT2D eigenvalue weighted by Crippen LogP contribution is -2.33. The summed E-state index contributed by atoms with van der Waals surface area (Å²) in [6.45, 7) is 3.46. The Labute approximate surface area is 160 Å². The summed E-state index contributed by atoms with van der Waals surface area (Å²) in [6, 6.07) is 8.07. The van der Waals surface area contributed by atoms with Crippen LogP contribution in [0.15, 0.2) is 34.9 Å². The zero-order valence-electron chi connectivity index (χ0n) is 14.6. The van der Waals surface area contributed by atoms with Crippen LogP contribution < -0.4 is 5.32 Å². The molecule has 1 aromatic carbocycles. The van der Waals surface area contributed by atoms with E-state index in [9.17, 15) is 4.79 Å². The molecule has 6 nitrogen and oxygen atoms in total. The third-order valence-corrected chi connectivity index (χ3v) is 6.49. The predicted octanol–water partition coefficient (Wildman–Crippen LogP) is 3.33. The number of nitrogens with zero attached hydrogens (tertiary/aromatic N) is 4. The van der Waals surface area contributed by atoms with Gasteiger partial charge in [0, 0.05) is 13.1 Å². The van der Waals surface area contributed by atoms with Crippen LogP contribution >= 0.6 is 23.1 Å². The maximum absolute atomic E-state index is 12.8. The largest absolute Gasteiger partial charge is 0.357 e. The van der Waals surface area contributed by atoms with Gasteiger partial charge < -0.3 is 10.2 Å². The Bertz CT molecular complexity index is 940. The Morgan fingerprint density at radius 1 is 1.31 bits per heavy atom. The first kappa shape index (κ1) is 17.2. The van der Waals surface area contributed by atoms with Crippen molar-refractivity contribution in [1.29, 1.82) is 0 Å². The van der Waals surface area contributed by atoms with E-state index >= 15 is 0 Å². The molecule has 134 valence electrons. The molecule has 0 spiro atoms. The molecule has 1 unspecified atom stereocenters. The van der Waals surface area contributed by atoms with Crippen molar-refractivity contribution in [2.45, 2.75) is 30.3 Å². The minimum absolute atomic E-state index is 0.118. The normalized spacial score (nSPS) is 17.2. The Kier molecular flexibility index (Phi) is 4.78. The fraction of sp³-hybridized carbons (Fsp3) is 0.333. The maximum Gasteiger partial charge on any atom is 0.245 e. The molecule has 1 saturated heterocycles. The second-order valence-corrected chi connectivity index (χ2v) is 8.34. The van der Waals surface area contributed by atoms with Gasteiger partial charge in [0.05, 0.1) is 0 Å². The number of aromatic nitrogens is 3. The van der Waals surface area contributed by atoms with Crippen LogP contribution in [-0.4, -0.2) is 44.6 Å². The van der Waals surface area contributed by atoms with Crippen molar-refractivity contribution in [2.75, 3.05) is 18.1 Å². The number of hydrogen-bond donors (Lipinski definition) is 1. The van der Waals surface area contributed by atoms with Crippen LogP contribution in [0.4, 0.5) is 5.82 Å². The van der Waals surface area contributed by atoms with Crippen molar-refractivity contribution in [1.82, 2.24) is 19.9 Å². The monoisotopic (exact) mass is 385 g/mol. The summed E-state index contributed by atoms with van der Waals surface area (Å²) < 4.78 is 1.85. The van der Waals surface area contributed by atoms with Gasteiger partial charge in [-0.25, -0.2) is 15.0 Å². The summed E-state index contributed by atoms with van der Waals surface area (Å²) in [6.07, 6.45) is 4.25. The molecule has 0 radical (unpaired) electrons. The van der Waals surface area contributed by atoms with Crippen LogP contribution in [0, 0.1) is 6.92 Å². The number of carbonyl (C=O) groups excluding carboxylic acids is 1. The molecule has 1 aliphatic rings. The number of rotatable bonds is 5. The number of thioether (sulfide) groups is 1. The van der Waals surface area contributed by atoms with E-state index in [0.29, 0.717) is 18.0 Å². The number of anilines is 1. The second kappa shape index (κ2) is 7.20. The molecule has 3 aromatic rings. The van der Waals surface area contributed by atoms with Crippen molar-refractivity contribution in [2.24, 2.45) is 0 Å². The zero-order chi connectivity index (χ0) is 18.1. The van der Waals surface area contributed by atoms with Gasteiger partial charge in [0.15, 0.2) is 9.99 Å². The van der Waals surface area contributed by atoms with Gasteiger partial charge in [-0.1, -0.05) is 41.6 Å². The van der Waals surface area contributed by atoms with Gasteiger partial charge in [-0.3, -0.25) is 4.79 Å². The molecule has 4 rings (SSSR count). The summed E-state index contributed by atoms with van der Waals surface area (Å²) >= 11 is 3.14. The third kappa shape index (κ3) is 3.39. The first-order chi connectivity index (χ1) is 12.6. The van der Waals surface area contributed by atoms with E-state index in [1.54, 1.807) is 23.1 Å². The SMILES string of the molecule is CSc1nc2ncnc(NC3CCN(Cc4ccc(C)cc4)C3=O)c2s1. The van der Waals surface area contributed by atoms with Crippen LogP contribution in [0.1, 0.15) is 17.5 Å². The van der Waals surface area contributed by atoms with E-state index in [2.05, 4.69) is 51.5 Å². The number of hydrogen-bond acceptors (Lipinski definition) is 7. The zero-order valence-corrected chi connectivity index (χ0v) is 16.2. The number of aryl methyl sites for hydroxylation is 1. The molecule has 0 saturated carbocycles. The van der Waals surface area contributed by atoms with Gasteiger partial charge in [-0.2, -0.15) is 0 Å². The molecule has 1 amide bonds. The van der Waals surface area contributed by atoms with Crippen LogP contribution in [-0.2, 0) is 11.3 Å². The van der Waals surface area contributed by atoms with Crippen molar-refractivity contribution >= 4 is 45.2 Å². The van der Waals surface area contributed by atoms with Gasteiger partial charge in [0.1, 0.15) is 22.9 Å². The fourth-order valence-electron chi connectivity index (χ4n) is 3.03. The summed E-state index contributed by atoms with van der Waals surface area (Å²) in [4.78, 5) is 27.7. The first-order valence-electron chi connectivity index (χ1n) is 8.40. The van der Waals surface area contributed by atoms with Crippen molar-refractivity contribution in [3.8, 4) is 0 Å². The number of fused-ring (bicyclic) bond motifs is 1. The smallest absolute Gasteiger partial charge is 0.245 e. The summed E-state index contributed by atoms with van der Waals surface area (Å²) in [5.74, 6) is 0.815. The lowest BCUT2D eigenvalue weighted by atomic mass is 10.1. The lowest BCUT2D eigenvalue weighted by Gasteiger charge is -2.17. The number of likely N-dealkylation sites (tertiary alicyclic amines) is 1. The Morgan fingerprint density at radius 2 is 2.12 bits per heavy atom. The third-order valence-electron chi connectivity index (χ3n) is 4.45. The van der Waals surface area contributed by atoms with Crippen molar-refractivity contribution in [3.63, 3.8) is 0 Å². The molecule has 8 heteroatoms. The number of nitrogens with one attached hydrogen (secondary N) is 1. The number of carbonyl (C=O) groups is 1. The van der Waals surface area contributed by atoms with Gasteiger partial charge in [0.2, 0.25) is 5.91 Å². The topological polar surface area (TPSA) is 71.0 Å². The van der Waals surface area contributed by atoms with Gasteiger partial charge in [-0.15, -0.1) is 11.3 Å². The van der Waals surface area contributed by atoms with Gasteiger partial charge >= 0.3 is 0 Å².